The molecule has 1 aliphatic heterocycles. The molecule has 0 aliphatic carbocycles. The van der Waals surface area contributed by atoms with Gasteiger partial charge in [0.05, 0.1) is 0 Å². The van der Waals surface area contributed by atoms with Crippen LogP contribution in [0.25, 0.3) is 0 Å². The SMILES string of the molecule is CCN1CCC(NC(=O)COc2ccccc2F)CC1. The van der Waals surface area contributed by atoms with Gasteiger partial charge in [-0.3, -0.25) is 4.79 Å². The number of hydrogen-bond donors (Lipinski definition) is 1. The molecular formula is C15H21FN2O2. The van der Waals surface area contributed by atoms with Crippen LogP contribution in [0, 0.1) is 5.82 Å². The molecule has 20 heavy (non-hydrogen) atoms. The van der Waals surface area contributed by atoms with Crippen LogP contribution in [0.2, 0.25) is 0 Å². The summed E-state index contributed by atoms with van der Waals surface area (Å²) in [5.41, 5.74) is 0. The van der Waals surface area contributed by atoms with Gasteiger partial charge in [-0.25, -0.2) is 4.39 Å². The lowest BCUT2D eigenvalue weighted by Crippen LogP contribution is -2.45. The van der Waals surface area contributed by atoms with Crippen LogP contribution in [0.4, 0.5) is 4.39 Å². The third-order valence-electron chi connectivity index (χ3n) is 3.60. The number of nitrogens with one attached hydrogen (secondary N) is 1. The van der Waals surface area contributed by atoms with Crippen LogP contribution >= 0.6 is 0 Å². The average Bonchev–Trinajstić information content (AvgIpc) is 2.47. The van der Waals surface area contributed by atoms with Crippen LogP contribution < -0.4 is 10.1 Å². The Morgan fingerprint density at radius 1 is 1.40 bits per heavy atom. The Labute approximate surface area is 118 Å². The fourth-order valence-electron chi connectivity index (χ4n) is 2.37. The van der Waals surface area contributed by atoms with Crippen molar-refractivity contribution in [1.29, 1.82) is 0 Å². The molecule has 0 spiro atoms. The number of piperidine rings is 1. The number of amides is 1. The van der Waals surface area contributed by atoms with E-state index in [2.05, 4.69) is 17.1 Å². The van der Waals surface area contributed by atoms with Crippen molar-refractivity contribution in [2.24, 2.45) is 0 Å². The zero-order valence-electron chi connectivity index (χ0n) is 11.8. The highest BCUT2D eigenvalue weighted by atomic mass is 19.1. The largest absolute Gasteiger partial charge is 0.481 e. The third-order valence-corrected chi connectivity index (χ3v) is 3.60. The number of carbonyl (C=O) groups excluding carboxylic acids is 1. The van der Waals surface area contributed by atoms with E-state index < -0.39 is 5.82 Å². The van der Waals surface area contributed by atoms with E-state index in [0.29, 0.717) is 0 Å². The molecule has 1 heterocycles. The van der Waals surface area contributed by atoms with Gasteiger partial charge >= 0.3 is 0 Å². The summed E-state index contributed by atoms with van der Waals surface area (Å²) in [4.78, 5) is 14.1. The first-order chi connectivity index (χ1) is 9.69. The van der Waals surface area contributed by atoms with Gasteiger partial charge in [-0.05, 0) is 31.5 Å². The number of likely N-dealkylation sites (tertiary alicyclic amines) is 1. The Morgan fingerprint density at radius 2 is 2.10 bits per heavy atom. The molecule has 1 amide bonds. The lowest BCUT2D eigenvalue weighted by Gasteiger charge is -2.31. The fourth-order valence-corrected chi connectivity index (χ4v) is 2.37. The molecule has 0 radical (unpaired) electrons. The van der Waals surface area contributed by atoms with E-state index >= 15 is 0 Å². The standard InChI is InChI=1S/C15H21FN2O2/c1-2-18-9-7-12(8-10-18)17-15(19)11-20-14-6-4-3-5-13(14)16/h3-6,12H,2,7-11H2,1H3,(H,17,19). The number of benzene rings is 1. The van der Waals surface area contributed by atoms with Crippen molar-refractivity contribution < 1.29 is 13.9 Å². The van der Waals surface area contributed by atoms with Crippen molar-refractivity contribution in [3.8, 4) is 5.75 Å². The van der Waals surface area contributed by atoms with Crippen LogP contribution in [0.1, 0.15) is 19.8 Å². The zero-order chi connectivity index (χ0) is 14.4. The van der Waals surface area contributed by atoms with Crippen molar-refractivity contribution in [2.45, 2.75) is 25.8 Å². The van der Waals surface area contributed by atoms with E-state index in [0.717, 1.165) is 32.5 Å². The number of para-hydroxylation sites is 1. The van der Waals surface area contributed by atoms with Gasteiger partial charge in [0.1, 0.15) is 0 Å². The molecule has 1 saturated heterocycles. The molecule has 0 atom stereocenters. The molecule has 4 nitrogen and oxygen atoms in total. The monoisotopic (exact) mass is 280 g/mol. The Morgan fingerprint density at radius 3 is 2.75 bits per heavy atom. The van der Waals surface area contributed by atoms with Gasteiger partial charge < -0.3 is 15.0 Å². The molecule has 0 saturated carbocycles. The molecule has 5 heteroatoms. The number of ether oxygens (including phenoxy) is 1. The zero-order valence-corrected chi connectivity index (χ0v) is 11.8. The summed E-state index contributed by atoms with van der Waals surface area (Å²) in [6.45, 7) is 5.07. The number of nitrogens with zero attached hydrogens (tertiary/aromatic N) is 1. The summed E-state index contributed by atoms with van der Waals surface area (Å²) in [5, 5.41) is 2.94. The number of rotatable bonds is 5. The van der Waals surface area contributed by atoms with Gasteiger partial charge in [0.2, 0.25) is 0 Å². The highest BCUT2D eigenvalue weighted by molar-refractivity contribution is 5.77. The molecular weight excluding hydrogens is 259 g/mol. The van der Waals surface area contributed by atoms with Gasteiger partial charge in [0.25, 0.3) is 5.91 Å². The van der Waals surface area contributed by atoms with E-state index in [-0.39, 0.29) is 24.3 Å². The molecule has 1 fully saturated rings. The van der Waals surface area contributed by atoms with Crippen LogP contribution in [0.5, 0.6) is 5.75 Å². The highest BCUT2D eigenvalue weighted by Crippen LogP contribution is 2.15. The Bertz CT molecular complexity index is 445. The predicted octanol–water partition coefficient (Wildman–Crippen LogP) is 1.80. The topological polar surface area (TPSA) is 41.6 Å². The van der Waals surface area contributed by atoms with Crippen molar-refractivity contribution >= 4 is 5.91 Å². The van der Waals surface area contributed by atoms with Gasteiger partial charge in [-0.1, -0.05) is 19.1 Å². The summed E-state index contributed by atoms with van der Waals surface area (Å²) >= 11 is 0. The van der Waals surface area contributed by atoms with Gasteiger partial charge in [-0.2, -0.15) is 0 Å². The Hall–Kier alpha value is -1.62. The molecule has 0 aromatic heterocycles. The maximum Gasteiger partial charge on any atom is 0.258 e. The molecule has 110 valence electrons. The third kappa shape index (κ3) is 4.20. The quantitative estimate of drug-likeness (QED) is 0.894. The van der Waals surface area contributed by atoms with Gasteiger partial charge in [-0.15, -0.1) is 0 Å². The van der Waals surface area contributed by atoms with Crippen molar-refractivity contribution in [3.63, 3.8) is 0 Å². The van der Waals surface area contributed by atoms with E-state index in [4.69, 9.17) is 4.74 Å². The lowest BCUT2D eigenvalue weighted by atomic mass is 10.1. The molecule has 1 N–H and O–H groups in total. The van der Waals surface area contributed by atoms with Gasteiger partial charge in [0.15, 0.2) is 18.2 Å². The summed E-state index contributed by atoms with van der Waals surface area (Å²) < 4.78 is 18.5. The molecule has 0 bridgehead atoms. The smallest absolute Gasteiger partial charge is 0.258 e. The minimum absolute atomic E-state index is 0.114. The van der Waals surface area contributed by atoms with E-state index in [1.54, 1.807) is 12.1 Å². The van der Waals surface area contributed by atoms with Crippen LogP contribution in [0.3, 0.4) is 0 Å². The molecule has 2 rings (SSSR count). The van der Waals surface area contributed by atoms with Crippen molar-refractivity contribution in [1.82, 2.24) is 10.2 Å². The minimum atomic E-state index is -0.448. The minimum Gasteiger partial charge on any atom is -0.481 e. The molecule has 1 aromatic carbocycles. The molecule has 1 aliphatic rings. The van der Waals surface area contributed by atoms with E-state index in [9.17, 15) is 9.18 Å². The lowest BCUT2D eigenvalue weighted by molar-refractivity contribution is -0.124. The fraction of sp³-hybridized carbons (Fsp3) is 0.533. The van der Waals surface area contributed by atoms with Crippen LogP contribution in [-0.4, -0.2) is 43.1 Å². The second-order valence-corrected chi connectivity index (χ2v) is 5.00. The first-order valence-electron chi connectivity index (χ1n) is 7.08. The molecule has 1 aromatic rings. The maximum atomic E-state index is 13.3. The predicted molar refractivity (Wildman–Crippen MR) is 75.2 cm³/mol. The number of carbonyl (C=O) groups is 1. The summed E-state index contributed by atoms with van der Waals surface area (Å²) in [5.74, 6) is -0.525. The second-order valence-electron chi connectivity index (χ2n) is 5.00. The second kappa shape index (κ2) is 7.24. The van der Waals surface area contributed by atoms with Crippen molar-refractivity contribution in [2.75, 3.05) is 26.2 Å². The Kier molecular flexibility index (Phi) is 5.35. The van der Waals surface area contributed by atoms with Crippen LogP contribution in [-0.2, 0) is 4.79 Å². The normalized spacial score (nSPS) is 16.9. The first-order valence-corrected chi connectivity index (χ1v) is 7.08. The van der Waals surface area contributed by atoms with E-state index in [1.165, 1.54) is 12.1 Å². The summed E-state index contributed by atoms with van der Waals surface area (Å²) in [6, 6.07) is 6.30. The van der Waals surface area contributed by atoms with E-state index in [1.807, 2.05) is 0 Å². The van der Waals surface area contributed by atoms with Crippen LogP contribution in [0.15, 0.2) is 24.3 Å². The maximum absolute atomic E-state index is 13.3. The molecule has 0 unspecified atom stereocenters. The highest BCUT2D eigenvalue weighted by Gasteiger charge is 2.19. The summed E-state index contributed by atoms with van der Waals surface area (Å²) in [6.07, 6.45) is 1.92. The Balaban J connectivity index is 1.72. The number of hydrogen-bond acceptors (Lipinski definition) is 3. The average molecular weight is 280 g/mol. The summed E-state index contributed by atoms with van der Waals surface area (Å²) in [7, 11) is 0. The van der Waals surface area contributed by atoms with Gasteiger partial charge in [0, 0.05) is 19.1 Å². The first kappa shape index (κ1) is 14.8. The van der Waals surface area contributed by atoms with Crippen molar-refractivity contribution in [3.05, 3.63) is 30.1 Å². The number of halogens is 1.